The number of hydrogen-bond donors (Lipinski definition) is 2. The van der Waals surface area contributed by atoms with Crippen LogP contribution in [-0.2, 0) is 19.4 Å². The first-order chi connectivity index (χ1) is 9.33. The number of nitrogens with zero attached hydrogens (tertiary/aromatic N) is 2. The number of aromatic nitrogens is 2. The molecule has 2 heterocycles. The number of nitrogens with one attached hydrogen (secondary N) is 1. The van der Waals surface area contributed by atoms with Crippen LogP contribution < -0.4 is 0 Å². The zero-order valence-electron chi connectivity index (χ0n) is 10.7. The number of aliphatic hydroxyl groups is 1. The van der Waals surface area contributed by atoms with Crippen LogP contribution >= 0.6 is 0 Å². The molecule has 2 aromatic rings. The highest BCUT2D eigenvalue weighted by atomic mass is 16.3. The van der Waals surface area contributed by atoms with Crippen molar-refractivity contribution in [1.82, 2.24) is 15.1 Å². The normalized spacial score (nSPS) is 26.2. The first kappa shape index (κ1) is 11.2. The molecule has 1 aliphatic carbocycles. The largest absolute Gasteiger partial charge is 0.387 e. The molecule has 4 rings (SSSR count). The van der Waals surface area contributed by atoms with E-state index in [1.54, 1.807) is 0 Å². The molecule has 98 valence electrons. The second kappa shape index (κ2) is 4.18. The van der Waals surface area contributed by atoms with Gasteiger partial charge >= 0.3 is 0 Å². The van der Waals surface area contributed by atoms with E-state index in [-0.39, 0.29) is 12.1 Å². The van der Waals surface area contributed by atoms with Gasteiger partial charge in [-0.25, -0.2) is 0 Å². The lowest BCUT2D eigenvalue weighted by atomic mass is 10.0. The Balaban J connectivity index is 1.60. The monoisotopic (exact) mass is 255 g/mol. The molecule has 0 unspecified atom stereocenters. The van der Waals surface area contributed by atoms with Crippen LogP contribution in [0.5, 0.6) is 0 Å². The zero-order chi connectivity index (χ0) is 12.8. The van der Waals surface area contributed by atoms with Gasteiger partial charge < -0.3 is 5.11 Å². The lowest BCUT2D eigenvalue weighted by molar-refractivity contribution is 0.0525. The number of hydrogen-bond acceptors (Lipinski definition) is 3. The smallest absolute Gasteiger partial charge is 0.0951 e. The highest BCUT2D eigenvalue weighted by molar-refractivity contribution is 5.36. The van der Waals surface area contributed by atoms with Gasteiger partial charge in [-0.1, -0.05) is 24.3 Å². The molecule has 0 radical (unpaired) electrons. The van der Waals surface area contributed by atoms with E-state index in [9.17, 15) is 5.11 Å². The standard InChI is InChI=1S/C15H17N3O/c19-15-12-4-2-1-3-10(12)7-14(15)18-6-5-13-11(9-18)8-16-17-13/h1-4,8,14-15,19H,5-7,9H2,(H,16,17)/t14-,15-/m1/s1. The van der Waals surface area contributed by atoms with E-state index in [0.29, 0.717) is 0 Å². The fourth-order valence-corrected chi connectivity index (χ4v) is 3.41. The summed E-state index contributed by atoms with van der Waals surface area (Å²) in [5.74, 6) is 0. The van der Waals surface area contributed by atoms with Crippen LogP contribution in [-0.4, -0.2) is 32.8 Å². The van der Waals surface area contributed by atoms with Gasteiger partial charge in [0.15, 0.2) is 0 Å². The second-order valence-corrected chi connectivity index (χ2v) is 5.51. The summed E-state index contributed by atoms with van der Waals surface area (Å²) in [5.41, 5.74) is 4.92. The van der Waals surface area contributed by atoms with Gasteiger partial charge in [0.25, 0.3) is 0 Å². The molecule has 1 aromatic carbocycles. The third-order valence-electron chi connectivity index (χ3n) is 4.47. The van der Waals surface area contributed by atoms with Crippen molar-refractivity contribution in [2.75, 3.05) is 6.54 Å². The summed E-state index contributed by atoms with van der Waals surface area (Å²) in [6, 6.07) is 8.45. The molecule has 1 aromatic heterocycles. The number of benzene rings is 1. The van der Waals surface area contributed by atoms with Crippen molar-refractivity contribution in [3.05, 3.63) is 52.8 Å². The van der Waals surface area contributed by atoms with Crippen molar-refractivity contribution in [3.8, 4) is 0 Å². The predicted molar refractivity (Wildman–Crippen MR) is 71.6 cm³/mol. The van der Waals surface area contributed by atoms with Crippen LogP contribution in [0, 0.1) is 0 Å². The third-order valence-corrected chi connectivity index (χ3v) is 4.47. The van der Waals surface area contributed by atoms with E-state index in [1.165, 1.54) is 16.8 Å². The van der Waals surface area contributed by atoms with Gasteiger partial charge in [0, 0.05) is 36.8 Å². The van der Waals surface area contributed by atoms with Crippen molar-refractivity contribution in [3.63, 3.8) is 0 Å². The lowest BCUT2D eigenvalue weighted by Gasteiger charge is -2.33. The van der Waals surface area contributed by atoms with Crippen LogP contribution in [0.15, 0.2) is 30.5 Å². The molecule has 0 amide bonds. The summed E-state index contributed by atoms with van der Waals surface area (Å²) in [5, 5.41) is 17.7. The van der Waals surface area contributed by atoms with E-state index in [4.69, 9.17) is 0 Å². The van der Waals surface area contributed by atoms with Crippen LogP contribution in [0.3, 0.4) is 0 Å². The van der Waals surface area contributed by atoms with Crippen molar-refractivity contribution in [2.45, 2.75) is 31.5 Å². The summed E-state index contributed by atoms with van der Waals surface area (Å²) in [7, 11) is 0. The van der Waals surface area contributed by atoms with E-state index >= 15 is 0 Å². The molecule has 0 saturated carbocycles. The molecule has 2 N–H and O–H groups in total. The summed E-state index contributed by atoms with van der Waals surface area (Å²) in [4.78, 5) is 2.39. The zero-order valence-corrected chi connectivity index (χ0v) is 10.7. The molecule has 4 heteroatoms. The van der Waals surface area contributed by atoms with Gasteiger partial charge in [-0.2, -0.15) is 5.10 Å². The maximum absolute atomic E-state index is 10.5. The van der Waals surface area contributed by atoms with Crippen LogP contribution in [0.25, 0.3) is 0 Å². The quantitative estimate of drug-likeness (QED) is 0.810. The highest BCUT2D eigenvalue weighted by Crippen LogP contribution is 2.36. The first-order valence-electron chi connectivity index (χ1n) is 6.84. The molecule has 19 heavy (non-hydrogen) atoms. The van der Waals surface area contributed by atoms with Gasteiger partial charge in [0.2, 0.25) is 0 Å². The maximum Gasteiger partial charge on any atom is 0.0951 e. The number of H-pyrrole nitrogens is 1. The Hall–Kier alpha value is -1.65. The Morgan fingerprint density at radius 1 is 1.26 bits per heavy atom. The minimum Gasteiger partial charge on any atom is -0.387 e. The van der Waals surface area contributed by atoms with Crippen molar-refractivity contribution in [2.24, 2.45) is 0 Å². The number of aliphatic hydroxyl groups excluding tert-OH is 1. The van der Waals surface area contributed by atoms with Gasteiger partial charge in [-0.3, -0.25) is 10.00 Å². The Morgan fingerprint density at radius 2 is 2.16 bits per heavy atom. The number of fused-ring (bicyclic) bond motifs is 2. The minimum absolute atomic E-state index is 0.209. The van der Waals surface area contributed by atoms with Gasteiger partial charge in [0.1, 0.15) is 0 Å². The van der Waals surface area contributed by atoms with E-state index in [2.05, 4.69) is 27.2 Å². The summed E-state index contributed by atoms with van der Waals surface area (Å²) in [6.45, 7) is 1.88. The Morgan fingerprint density at radius 3 is 3.05 bits per heavy atom. The average molecular weight is 255 g/mol. The van der Waals surface area contributed by atoms with Gasteiger partial charge in [-0.05, 0) is 17.5 Å². The highest BCUT2D eigenvalue weighted by Gasteiger charge is 2.36. The molecule has 0 fully saturated rings. The molecule has 0 bridgehead atoms. The fourth-order valence-electron chi connectivity index (χ4n) is 3.41. The Labute approximate surface area is 112 Å². The fraction of sp³-hybridized carbons (Fsp3) is 0.400. The number of aromatic amines is 1. The van der Waals surface area contributed by atoms with E-state index < -0.39 is 0 Å². The molecule has 0 spiro atoms. The maximum atomic E-state index is 10.5. The second-order valence-electron chi connectivity index (χ2n) is 5.51. The van der Waals surface area contributed by atoms with E-state index in [1.807, 2.05) is 18.3 Å². The van der Waals surface area contributed by atoms with Crippen molar-refractivity contribution < 1.29 is 5.11 Å². The van der Waals surface area contributed by atoms with Crippen molar-refractivity contribution >= 4 is 0 Å². The predicted octanol–water partition coefficient (Wildman–Crippen LogP) is 1.43. The first-order valence-corrected chi connectivity index (χ1v) is 6.84. The topological polar surface area (TPSA) is 52.1 Å². The lowest BCUT2D eigenvalue weighted by Crippen LogP contribution is -2.41. The van der Waals surface area contributed by atoms with E-state index in [0.717, 1.165) is 31.5 Å². The summed E-state index contributed by atoms with van der Waals surface area (Å²) < 4.78 is 0. The molecule has 2 atom stereocenters. The van der Waals surface area contributed by atoms with Crippen LogP contribution in [0.4, 0.5) is 0 Å². The SMILES string of the molecule is O[C@@H]1c2ccccc2C[C@H]1N1CCc2[nH]ncc2C1. The average Bonchev–Trinajstić information content (AvgIpc) is 3.03. The molecular formula is C15H17N3O. The third kappa shape index (κ3) is 1.71. The molecule has 2 aliphatic rings. The van der Waals surface area contributed by atoms with Crippen molar-refractivity contribution in [1.29, 1.82) is 0 Å². The molecule has 0 saturated heterocycles. The van der Waals surface area contributed by atoms with Crippen LogP contribution in [0.2, 0.25) is 0 Å². The summed E-state index contributed by atoms with van der Waals surface area (Å²) >= 11 is 0. The minimum atomic E-state index is -0.357. The Kier molecular flexibility index (Phi) is 2.47. The number of rotatable bonds is 1. The Bertz CT molecular complexity index is 607. The van der Waals surface area contributed by atoms with Gasteiger partial charge in [-0.15, -0.1) is 0 Å². The van der Waals surface area contributed by atoms with Gasteiger partial charge in [0.05, 0.1) is 12.3 Å². The molecule has 1 aliphatic heterocycles. The summed E-state index contributed by atoms with van der Waals surface area (Å²) in [6.07, 6.45) is 3.50. The molecular weight excluding hydrogens is 238 g/mol. The van der Waals surface area contributed by atoms with Crippen LogP contribution in [0.1, 0.15) is 28.5 Å². The molecule has 4 nitrogen and oxygen atoms in total.